The highest BCUT2D eigenvalue weighted by atomic mass is 32.2. The molecule has 4 fully saturated rings. The van der Waals surface area contributed by atoms with Crippen LogP contribution in [0.3, 0.4) is 0 Å². The van der Waals surface area contributed by atoms with E-state index < -0.39 is 62.2 Å². The van der Waals surface area contributed by atoms with Crippen LogP contribution in [-0.2, 0) is 108 Å². The predicted octanol–water partition coefficient (Wildman–Crippen LogP) is 9.68. The van der Waals surface area contributed by atoms with Crippen LogP contribution >= 0.6 is 0 Å². The van der Waals surface area contributed by atoms with E-state index in [0.29, 0.717) is 95.0 Å². The van der Waals surface area contributed by atoms with Gasteiger partial charge in [0.25, 0.3) is 0 Å². The second kappa shape index (κ2) is 32.3. The Morgan fingerprint density at radius 1 is 0.315 bits per heavy atom. The molecule has 648 valence electrons. The molecule has 20 rings (SSSR count). The van der Waals surface area contributed by atoms with Crippen LogP contribution in [0.1, 0.15) is 173 Å². The maximum Gasteiger partial charge on any atom is 0.246 e. The molecule has 12 aromatic rings. The Bertz CT molecular complexity index is 6450. The van der Waals surface area contributed by atoms with Gasteiger partial charge < -0.3 is 60.8 Å². The lowest BCUT2D eigenvalue weighted by atomic mass is 9.79. The first kappa shape index (κ1) is 84.3. The number of fused-ring (bicyclic) bond motifs is 16. The number of hydrogen-bond acceptors (Lipinski definition) is 24. The van der Waals surface area contributed by atoms with Crippen molar-refractivity contribution in [2.24, 2.45) is 20.6 Å². The second-order valence-corrected chi connectivity index (χ2v) is 39.7. The summed E-state index contributed by atoms with van der Waals surface area (Å²) in [4.78, 5) is 88.8. The average Bonchev–Trinajstić information content (AvgIpc) is 1.53. The smallest absolute Gasteiger partial charge is 0.246 e. The molecule has 4 aliphatic carbocycles. The van der Waals surface area contributed by atoms with Crippen LogP contribution in [0.2, 0.25) is 0 Å². The standard InChI is InChI=1S/4C21H24N6O3S/c2*1-13-9-16(31(22,29)30)5-6-17(13)25-20-24-11-14-10-15-12-23-19(28)21(7-3-2-4-8-21)27(15)18(14)26-20;2*1-13-9-15(5-6-17(13)31(22,29)30)25-20-24-11-14-10-16-12-23-19(28)21(7-3-2-4-8-21)27(16)18(14)26-20/h4*5-6,9-11H,2-4,7-8,12H2,1H3,(H,23,28)(H2,22,29,30)(H,24,25,26). The highest BCUT2D eigenvalue weighted by Gasteiger charge is 2.50. The van der Waals surface area contributed by atoms with Crippen LogP contribution in [0.5, 0.6) is 0 Å². The molecule has 4 aromatic carbocycles. The summed E-state index contributed by atoms with van der Waals surface area (Å²) < 4.78 is 101. The summed E-state index contributed by atoms with van der Waals surface area (Å²) in [6.45, 7) is 8.86. The van der Waals surface area contributed by atoms with E-state index in [1.54, 1.807) is 88.9 Å². The fourth-order valence-corrected chi connectivity index (χ4v) is 22.2. The van der Waals surface area contributed by atoms with E-state index >= 15 is 0 Å². The number of anilines is 8. The number of primary sulfonamides is 4. The zero-order valence-corrected chi connectivity index (χ0v) is 72.0. The predicted molar refractivity (Wildman–Crippen MR) is 465 cm³/mol. The zero-order valence-electron chi connectivity index (χ0n) is 68.7. The molecule has 0 atom stereocenters. The largest absolute Gasteiger partial charge is 0.348 e. The molecule has 8 aromatic heterocycles. The van der Waals surface area contributed by atoms with Crippen LogP contribution in [0.15, 0.2) is 141 Å². The van der Waals surface area contributed by atoms with Gasteiger partial charge in [0.15, 0.2) is 0 Å². The fourth-order valence-electron chi connectivity index (χ4n) is 19.4. The number of nitrogens with one attached hydrogen (secondary N) is 8. The van der Waals surface area contributed by atoms with Gasteiger partial charge in [-0.15, -0.1) is 0 Å². The van der Waals surface area contributed by atoms with Crippen LogP contribution in [-0.4, -0.2) is 115 Å². The number of aromatic nitrogens is 12. The Hall–Kier alpha value is -11.9. The van der Waals surface area contributed by atoms with Gasteiger partial charge in [0.05, 0.1) is 45.8 Å². The van der Waals surface area contributed by atoms with Crippen molar-refractivity contribution in [3.05, 3.63) is 167 Å². The Kier molecular flexibility index (Phi) is 22.0. The highest BCUT2D eigenvalue weighted by molar-refractivity contribution is 7.90. The fraction of sp³-hybridized carbons (Fsp3) is 0.381. The molecule has 4 spiro atoms. The first-order valence-corrected chi connectivity index (χ1v) is 47.6. The van der Waals surface area contributed by atoms with Gasteiger partial charge in [-0.2, -0.15) is 19.9 Å². The minimum Gasteiger partial charge on any atom is -0.348 e. The molecule has 0 unspecified atom stereocenters. The van der Waals surface area contributed by atoms with Crippen LogP contribution < -0.4 is 63.1 Å². The Balaban J connectivity index is 0.000000117. The summed E-state index contributed by atoms with van der Waals surface area (Å²) in [6, 6.07) is 26.9. The van der Waals surface area contributed by atoms with E-state index in [9.17, 15) is 52.8 Å². The molecule has 36 nitrogen and oxygen atoms in total. The van der Waals surface area contributed by atoms with Crippen molar-refractivity contribution in [1.29, 1.82) is 0 Å². The number of carbonyl (C=O) groups excluding carboxylic acids is 4. The minimum atomic E-state index is -3.78. The molecule has 16 N–H and O–H groups in total. The third-order valence-electron chi connectivity index (χ3n) is 25.3. The molecule has 0 bridgehead atoms. The van der Waals surface area contributed by atoms with Crippen molar-refractivity contribution in [1.82, 2.24) is 79.4 Å². The number of nitrogens with zero attached hydrogens (tertiary/aromatic N) is 12. The average molecular weight is 1760 g/mol. The first-order valence-electron chi connectivity index (χ1n) is 41.4. The quantitative estimate of drug-likeness (QED) is 0.0541. The summed E-state index contributed by atoms with van der Waals surface area (Å²) >= 11 is 0. The number of hydrogen-bond donors (Lipinski definition) is 12. The van der Waals surface area contributed by atoms with Crippen molar-refractivity contribution < 1.29 is 52.8 Å². The normalized spacial score (nSPS) is 18.1. The zero-order chi connectivity index (χ0) is 87.2. The highest BCUT2D eigenvalue weighted by Crippen LogP contribution is 2.47. The van der Waals surface area contributed by atoms with E-state index in [-0.39, 0.29) is 43.2 Å². The van der Waals surface area contributed by atoms with Crippen molar-refractivity contribution in [3.63, 3.8) is 0 Å². The van der Waals surface area contributed by atoms with E-state index in [4.69, 9.17) is 40.5 Å². The molecule has 0 radical (unpaired) electrons. The van der Waals surface area contributed by atoms with Gasteiger partial charge in [0, 0.05) is 91.9 Å². The van der Waals surface area contributed by atoms with Crippen molar-refractivity contribution >= 4 is 154 Å². The number of benzene rings is 4. The molecular weight excluding hydrogens is 1670 g/mol. The number of rotatable bonds is 12. The third-order valence-corrected chi connectivity index (χ3v) is 29.3. The van der Waals surface area contributed by atoms with Gasteiger partial charge in [-0.05, 0) is 198 Å². The summed E-state index contributed by atoms with van der Waals surface area (Å²) in [5, 5.41) is 49.3. The van der Waals surface area contributed by atoms with Crippen molar-refractivity contribution in [3.8, 4) is 0 Å². The summed E-state index contributed by atoms with van der Waals surface area (Å²) in [5.41, 5.74) is 9.89. The molecule has 124 heavy (non-hydrogen) atoms. The number of sulfonamides is 4. The van der Waals surface area contributed by atoms with E-state index in [0.717, 1.165) is 195 Å². The molecule has 4 amide bonds. The molecule has 12 heterocycles. The van der Waals surface area contributed by atoms with Gasteiger partial charge >= 0.3 is 0 Å². The molecule has 4 saturated carbocycles. The van der Waals surface area contributed by atoms with Crippen LogP contribution in [0.25, 0.3) is 44.1 Å². The number of amides is 4. The lowest BCUT2D eigenvalue weighted by molar-refractivity contribution is -0.134. The van der Waals surface area contributed by atoms with E-state index in [1.165, 1.54) is 36.4 Å². The monoisotopic (exact) mass is 1760 g/mol. The molecular formula is C84H96N24O12S4. The molecule has 0 saturated heterocycles. The third kappa shape index (κ3) is 15.8. The maximum absolute atomic E-state index is 13.0. The van der Waals surface area contributed by atoms with Gasteiger partial charge in [0.2, 0.25) is 87.5 Å². The summed E-state index contributed by atoms with van der Waals surface area (Å²) in [7, 11) is -15.1. The second-order valence-electron chi connectivity index (χ2n) is 33.5. The van der Waals surface area contributed by atoms with Crippen molar-refractivity contribution in [2.75, 3.05) is 21.3 Å². The summed E-state index contributed by atoms with van der Waals surface area (Å²) in [6.07, 6.45) is 26.1. The lowest BCUT2D eigenvalue weighted by Crippen LogP contribution is -2.54. The van der Waals surface area contributed by atoms with Crippen LogP contribution in [0, 0.1) is 27.7 Å². The maximum atomic E-state index is 13.0. The molecule has 4 aliphatic heterocycles. The Morgan fingerprint density at radius 3 is 0.806 bits per heavy atom. The Labute approximate surface area is 715 Å². The van der Waals surface area contributed by atoms with Crippen LogP contribution in [0.4, 0.5) is 46.5 Å². The van der Waals surface area contributed by atoms with Gasteiger partial charge in [-0.1, -0.05) is 77.0 Å². The minimum absolute atomic E-state index is 0.0535. The first-order chi connectivity index (χ1) is 59.1. The topological polar surface area (TPSA) is 528 Å². The van der Waals surface area contributed by atoms with E-state index in [1.807, 2.05) is 24.3 Å². The summed E-state index contributed by atoms with van der Waals surface area (Å²) in [5.74, 6) is 1.81. The van der Waals surface area contributed by atoms with E-state index in [2.05, 4.69) is 80.7 Å². The van der Waals surface area contributed by atoms with Crippen molar-refractivity contribution in [2.45, 2.75) is 224 Å². The molecule has 8 aliphatic rings. The molecule has 40 heteroatoms. The SMILES string of the molecule is Cc1cc(Nc2ncc3cc4n(c3n2)C2(CCCCC2)C(=O)NC4)ccc1S(N)(=O)=O.Cc1cc(Nc2ncc3cc4n(c3n2)C2(CCCCC2)C(=O)NC4)ccc1S(N)(=O)=O.Cc1cc(S(N)(=O)=O)ccc1Nc1ncc2cc3n(c2n1)C1(CCCCC1)C(=O)NC3.Cc1cc(S(N)(=O)=O)ccc1Nc1ncc2cc3n(c2n1)C1(CCCCC1)C(=O)NC3. The lowest BCUT2D eigenvalue weighted by Gasteiger charge is -2.41. The van der Waals surface area contributed by atoms with Gasteiger partial charge in [-0.25, -0.2) is 74.2 Å². The Morgan fingerprint density at radius 2 is 0.573 bits per heavy atom. The number of aryl methyl sites for hydroxylation is 4. The number of carbonyl (C=O) groups is 4. The van der Waals surface area contributed by atoms with Gasteiger partial charge in [0.1, 0.15) is 44.7 Å². The van der Waals surface area contributed by atoms with Gasteiger partial charge in [-0.3, -0.25) is 19.2 Å². The number of nitrogens with two attached hydrogens (primary N) is 4.